The first-order valence-corrected chi connectivity index (χ1v) is 10.2. The second kappa shape index (κ2) is 8.16. The van der Waals surface area contributed by atoms with Crippen LogP contribution in [0.1, 0.15) is 50.9 Å². The molecule has 1 aliphatic rings. The number of rotatable bonds is 6. The van der Waals surface area contributed by atoms with E-state index in [1.54, 1.807) is 29.9 Å². The van der Waals surface area contributed by atoms with Gasteiger partial charge in [0.05, 0.1) is 11.4 Å². The van der Waals surface area contributed by atoms with E-state index in [-0.39, 0.29) is 11.8 Å². The summed E-state index contributed by atoms with van der Waals surface area (Å²) in [6.45, 7) is 0.304. The third kappa shape index (κ3) is 4.22. The fourth-order valence-corrected chi connectivity index (χ4v) is 3.44. The molecule has 148 valence electrons. The Kier molecular flexibility index (Phi) is 5.44. The maximum Gasteiger partial charge on any atom is 0.274 e. The van der Waals surface area contributed by atoms with Gasteiger partial charge in [-0.05, 0) is 54.8 Å². The lowest BCUT2D eigenvalue weighted by Crippen LogP contribution is -2.25. The fourth-order valence-electron chi connectivity index (χ4n) is 3.18. The van der Waals surface area contributed by atoms with Crippen molar-refractivity contribution >= 4 is 27.7 Å². The highest BCUT2D eigenvalue weighted by atomic mass is 79.9. The number of carbonyl (C=O) groups is 2. The molecule has 2 N–H and O–H groups in total. The molecule has 4 rings (SSSR count). The molecule has 1 aliphatic carbocycles. The van der Waals surface area contributed by atoms with E-state index in [0.29, 0.717) is 23.7 Å². The predicted molar refractivity (Wildman–Crippen MR) is 112 cm³/mol. The van der Waals surface area contributed by atoms with Gasteiger partial charge < -0.3 is 10.6 Å². The van der Waals surface area contributed by atoms with Crippen LogP contribution in [0.25, 0.3) is 5.69 Å². The van der Waals surface area contributed by atoms with Gasteiger partial charge in [0.15, 0.2) is 5.69 Å². The van der Waals surface area contributed by atoms with Crippen molar-refractivity contribution in [2.24, 2.45) is 0 Å². The lowest BCUT2D eigenvalue weighted by atomic mass is 10.1. The normalized spacial score (nSPS) is 13.2. The molecule has 3 aromatic rings. The molecule has 0 spiro atoms. The van der Waals surface area contributed by atoms with E-state index < -0.39 is 0 Å². The molecule has 7 nitrogen and oxygen atoms in total. The summed E-state index contributed by atoms with van der Waals surface area (Å²) in [5.74, 6) is -0.127. The highest BCUT2D eigenvalue weighted by molar-refractivity contribution is 9.10. The molecule has 0 saturated heterocycles. The van der Waals surface area contributed by atoms with Crippen molar-refractivity contribution < 1.29 is 9.59 Å². The van der Waals surface area contributed by atoms with Gasteiger partial charge in [-0.25, -0.2) is 4.68 Å². The molecule has 0 unspecified atom stereocenters. The molecule has 2 amide bonds. The van der Waals surface area contributed by atoms with Crippen LogP contribution in [-0.4, -0.2) is 33.9 Å². The summed E-state index contributed by atoms with van der Waals surface area (Å²) in [6, 6.07) is 14.9. The van der Waals surface area contributed by atoms with E-state index in [2.05, 4.69) is 36.9 Å². The van der Waals surface area contributed by atoms with Gasteiger partial charge in [-0.3, -0.25) is 9.59 Å². The van der Waals surface area contributed by atoms with Crippen molar-refractivity contribution in [2.75, 3.05) is 7.05 Å². The second-order valence-corrected chi connectivity index (χ2v) is 7.86. The van der Waals surface area contributed by atoms with Crippen LogP contribution < -0.4 is 10.6 Å². The van der Waals surface area contributed by atoms with Gasteiger partial charge in [0.25, 0.3) is 11.8 Å². The summed E-state index contributed by atoms with van der Waals surface area (Å²) in [5.41, 5.74) is 3.48. The molecule has 2 aromatic carbocycles. The smallest absolute Gasteiger partial charge is 0.274 e. The standard InChI is InChI=1S/C21H20BrN5O2/c1-23-20(28)15-4-2-3-13(11-15)12-24-21(29)18-19(14-5-6-14)27(26-25-18)17-9-7-16(22)8-10-17/h2-4,7-11,14H,5-6,12H2,1H3,(H,23,28)(H,24,29). The second-order valence-electron chi connectivity index (χ2n) is 6.95. The Morgan fingerprint density at radius 3 is 2.59 bits per heavy atom. The third-order valence-electron chi connectivity index (χ3n) is 4.82. The quantitative estimate of drug-likeness (QED) is 0.599. The monoisotopic (exact) mass is 453 g/mol. The number of halogens is 1. The molecule has 0 bridgehead atoms. The zero-order valence-corrected chi connectivity index (χ0v) is 17.4. The lowest BCUT2D eigenvalue weighted by Gasteiger charge is -2.09. The van der Waals surface area contributed by atoms with Crippen LogP contribution >= 0.6 is 15.9 Å². The molecule has 1 fully saturated rings. The zero-order valence-electron chi connectivity index (χ0n) is 15.9. The van der Waals surface area contributed by atoms with Gasteiger partial charge in [0.2, 0.25) is 0 Å². The number of carbonyl (C=O) groups excluding carboxylic acids is 2. The van der Waals surface area contributed by atoms with Gasteiger partial charge in [-0.1, -0.05) is 33.3 Å². The summed E-state index contributed by atoms with van der Waals surface area (Å²) >= 11 is 3.43. The molecule has 29 heavy (non-hydrogen) atoms. The van der Waals surface area contributed by atoms with Crippen LogP contribution in [0.3, 0.4) is 0 Å². The summed E-state index contributed by atoms with van der Waals surface area (Å²) in [5, 5.41) is 13.9. The Labute approximate surface area is 176 Å². The van der Waals surface area contributed by atoms with Crippen molar-refractivity contribution in [3.63, 3.8) is 0 Å². The Bertz CT molecular complexity index is 1060. The number of hydrogen-bond acceptors (Lipinski definition) is 4. The summed E-state index contributed by atoms with van der Waals surface area (Å²) in [4.78, 5) is 24.6. The first kappa shape index (κ1) is 19.3. The van der Waals surface area contributed by atoms with E-state index in [1.165, 1.54) is 0 Å². The SMILES string of the molecule is CNC(=O)c1cccc(CNC(=O)c2nnn(-c3ccc(Br)cc3)c2C2CC2)c1. The molecule has 1 saturated carbocycles. The maximum absolute atomic E-state index is 12.8. The van der Waals surface area contributed by atoms with Gasteiger partial charge in [0, 0.05) is 29.5 Å². The number of amides is 2. The Morgan fingerprint density at radius 1 is 1.14 bits per heavy atom. The first-order chi connectivity index (χ1) is 14.1. The third-order valence-corrected chi connectivity index (χ3v) is 5.35. The number of nitrogens with one attached hydrogen (secondary N) is 2. The molecule has 0 aliphatic heterocycles. The molecular weight excluding hydrogens is 434 g/mol. The lowest BCUT2D eigenvalue weighted by molar-refractivity contribution is 0.0943. The van der Waals surface area contributed by atoms with E-state index in [4.69, 9.17) is 0 Å². The molecule has 8 heteroatoms. The van der Waals surface area contributed by atoms with Crippen LogP contribution in [0.15, 0.2) is 53.0 Å². The van der Waals surface area contributed by atoms with Crippen molar-refractivity contribution in [3.05, 3.63) is 75.5 Å². The minimum absolute atomic E-state index is 0.161. The minimum atomic E-state index is -0.263. The molecule has 1 heterocycles. The summed E-state index contributed by atoms with van der Waals surface area (Å²) in [6.07, 6.45) is 2.05. The van der Waals surface area contributed by atoms with E-state index >= 15 is 0 Å². The molecular formula is C21H20BrN5O2. The number of nitrogens with zero attached hydrogens (tertiary/aromatic N) is 3. The Hall–Kier alpha value is -3.00. The predicted octanol–water partition coefficient (Wildman–Crippen LogP) is 3.20. The van der Waals surface area contributed by atoms with E-state index in [1.807, 2.05) is 30.3 Å². The van der Waals surface area contributed by atoms with Crippen molar-refractivity contribution in [1.82, 2.24) is 25.6 Å². The Morgan fingerprint density at radius 2 is 1.90 bits per heavy atom. The summed E-state index contributed by atoms with van der Waals surface area (Å²) in [7, 11) is 1.59. The van der Waals surface area contributed by atoms with Gasteiger partial charge in [-0.2, -0.15) is 0 Å². The minimum Gasteiger partial charge on any atom is -0.355 e. The van der Waals surface area contributed by atoms with Crippen molar-refractivity contribution in [3.8, 4) is 5.69 Å². The average Bonchev–Trinajstić information content (AvgIpc) is 3.50. The molecule has 0 radical (unpaired) electrons. The van der Waals surface area contributed by atoms with Crippen molar-refractivity contribution in [2.45, 2.75) is 25.3 Å². The fraction of sp³-hybridized carbons (Fsp3) is 0.238. The number of aromatic nitrogens is 3. The van der Waals surface area contributed by atoms with Crippen LogP contribution in [0, 0.1) is 0 Å². The molecule has 0 atom stereocenters. The topological polar surface area (TPSA) is 88.9 Å². The zero-order chi connectivity index (χ0) is 20.4. The Balaban J connectivity index is 1.54. The van der Waals surface area contributed by atoms with Gasteiger partial charge in [0.1, 0.15) is 0 Å². The van der Waals surface area contributed by atoms with Crippen molar-refractivity contribution in [1.29, 1.82) is 0 Å². The van der Waals surface area contributed by atoms with E-state index in [0.717, 1.165) is 34.3 Å². The highest BCUT2D eigenvalue weighted by Gasteiger charge is 2.34. The van der Waals surface area contributed by atoms with Gasteiger partial charge in [-0.15, -0.1) is 5.10 Å². The highest BCUT2D eigenvalue weighted by Crippen LogP contribution is 2.42. The summed E-state index contributed by atoms with van der Waals surface area (Å²) < 4.78 is 2.73. The van der Waals surface area contributed by atoms with Gasteiger partial charge >= 0.3 is 0 Å². The van der Waals surface area contributed by atoms with Crippen LogP contribution in [0.5, 0.6) is 0 Å². The molecule has 1 aromatic heterocycles. The number of benzene rings is 2. The largest absolute Gasteiger partial charge is 0.355 e. The van der Waals surface area contributed by atoms with Crippen LogP contribution in [0.4, 0.5) is 0 Å². The van der Waals surface area contributed by atoms with Crippen LogP contribution in [-0.2, 0) is 6.54 Å². The average molecular weight is 454 g/mol. The number of hydrogen-bond donors (Lipinski definition) is 2. The maximum atomic E-state index is 12.8. The van der Waals surface area contributed by atoms with Crippen LogP contribution in [0.2, 0.25) is 0 Å². The van der Waals surface area contributed by atoms with E-state index in [9.17, 15) is 9.59 Å². The first-order valence-electron chi connectivity index (χ1n) is 9.37.